The van der Waals surface area contributed by atoms with Gasteiger partial charge in [-0.25, -0.2) is 4.99 Å². The summed E-state index contributed by atoms with van der Waals surface area (Å²) in [5.41, 5.74) is 0.888. The van der Waals surface area contributed by atoms with E-state index < -0.39 is 0 Å². The summed E-state index contributed by atoms with van der Waals surface area (Å²) >= 11 is 0. The fraction of sp³-hybridized carbons (Fsp3) is 0.462. The number of nitrogens with zero attached hydrogens (tertiary/aromatic N) is 3. The van der Waals surface area contributed by atoms with Gasteiger partial charge in [0.25, 0.3) is 0 Å². The summed E-state index contributed by atoms with van der Waals surface area (Å²) in [5, 5.41) is 6.08. The molecular formula is C13H22IN5O. The van der Waals surface area contributed by atoms with Crippen LogP contribution < -0.4 is 10.6 Å². The highest BCUT2D eigenvalue weighted by Crippen LogP contribution is 1.95. The van der Waals surface area contributed by atoms with E-state index in [-0.39, 0.29) is 36.4 Å². The van der Waals surface area contributed by atoms with Gasteiger partial charge >= 0.3 is 0 Å². The molecule has 0 saturated carbocycles. The Morgan fingerprint density at radius 1 is 1.35 bits per heavy atom. The van der Waals surface area contributed by atoms with Crippen LogP contribution in [0.15, 0.2) is 29.4 Å². The Morgan fingerprint density at radius 2 is 2.10 bits per heavy atom. The largest absolute Gasteiger partial charge is 0.357 e. The molecule has 0 aliphatic carbocycles. The summed E-state index contributed by atoms with van der Waals surface area (Å²) in [7, 11) is 3.45. The van der Waals surface area contributed by atoms with Crippen LogP contribution in [-0.2, 0) is 11.3 Å². The molecule has 1 heterocycles. The Hall–Kier alpha value is -1.38. The molecule has 1 rings (SSSR count). The molecule has 0 fully saturated rings. The normalized spacial score (nSPS) is 10.4. The quantitative estimate of drug-likeness (QED) is 0.444. The number of nitrogens with one attached hydrogen (secondary N) is 2. The van der Waals surface area contributed by atoms with E-state index >= 15 is 0 Å². The summed E-state index contributed by atoms with van der Waals surface area (Å²) in [5.74, 6) is 0.617. The SMILES string of the molecule is CCNC(=NCc1ccccn1)NCC(=O)N(C)C.I. The third-order valence-electron chi connectivity index (χ3n) is 2.38. The lowest BCUT2D eigenvalue weighted by atomic mass is 10.3. The van der Waals surface area contributed by atoms with Crippen molar-refractivity contribution in [2.75, 3.05) is 27.2 Å². The van der Waals surface area contributed by atoms with Crippen molar-refractivity contribution in [1.29, 1.82) is 0 Å². The molecule has 112 valence electrons. The minimum Gasteiger partial charge on any atom is -0.357 e. The molecule has 0 saturated heterocycles. The average molecular weight is 391 g/mol. The van der Waals surface area contributed by atoms with E-state index in [1.54, 1.807) is 20.3 Å². The van der Waals surface area contributed by atoms with Crippen LogP contribution in [-0.4, -0.2) is 48.9 Å². The van der Waals surface area contributed by atoms with E-state index in [0.29, 0.717) is 12.5 Å². The number of halogens is 1. The van der Waals surface area contributed by atoms with Gasteiger partial charge in [-0.2, -0.15) is 0 Å². The molecule has 0 aromatic carbocycles. The van der Waals surface area contributed by atoms with E-state index in [1.165, 1.54) is 4.90 Å². The van der Waals surface area contributed by atoms with Crippen LogP contribution in [0.2, 0.25) is 0 Å². The first-order valence-electron chi connectivity index (χ1n) is 6.25. The van der Waals surface area contributed by atoms with Crippen molar-refractivity contribution in [2.45, 2.75) is 13.5 Å². The van der Waals surface area contributed by atoms with Gasteiger partial charge in [0.15, 0.2) is 5.96 Å². The third-order valence-corrected chi connectivity index (χ3v) is 2.38. The molecule has 0 unspecified atom stereocenters. The van der Waals surface area contributed by atoms with Gasteiger partial charge in [-0.15, -0.1) is 24.0 Å². The monoisotopic (exact) mass is 391 g/mol. The van der Waals surface area contributed by atoms with Gasteiger partial charge in [0.2, 0.25) is 5.91 Å². The van der Waals surface area contributed by atoms with Gasteiger partial charge in [-0.3, -0.25) is 9.78 Å². The number of hydrogen-bond donors (Lipinski definition) is 2. The van der Waals surface area contributed by atoms with Crippen LogP contribution in [0.3, 0.4) is 0 Å². The minimum absolute atomic E-state index is 0. The van der Waals surface area contributed by atoms with Gasteiger partial charge in [-0.1, -0.05) is 6.07 Å². The number of aliphatic imine (C=N–C) groups is 1. The fourth-order valence-corrected chi connectivity index (χ4v) is 1.31. The zero-order valence-corrected chi connectivity index (χ0v) is 14.4. The Balaban J connectivity index is 0.00000361. The van der Waals surface area contributed by atoms with Crippen LogP contribution in [0.4, 0.5) is 0 Å². The van der Waals surface area contributed by atoms with Crippen LogP contribution >= 0.6 is 24.0 Å². The van der Waals surface area contributed by atoms with Gasteiger partial charge in [0, 0.05) is 26.8 Å². The maximum absolute atomic E-state index is 11.5. The minimum atomic E-state index is 0. The number of guanidine groups is 1. The second-order valence-corrected chi connectivity index (χ2v) is 4.16. The Labute approximate surface area is 137 Å². The molecule has 0 radical (unpaired) electrons. The summed E-state index contributed by atoms with van der Waals surface area (Å²) in [6.45, 7) is 3.42. The molecule has 1 aromatic heterocycles. The molecule has 7 heteroatoms. The zero-order chi connectivity index (χ0) is 14.1. The van der Waals surface area contributed by atoms with E-state index in [2.05, 4.69) is 20.6 Å². The van der Waals surface area contributed by atoms with Crippen molar-refractivity contribution < 1.29 is 4.79 Å². The lowest BCUT2D eigenvalue weighted by molar-refractivity contribution is -0.127. The number of aromatic nitrogens is 1. The number of carbonyl (C=O) groups excluding carboxylic acids is 1. The molecule has 20 heavy (non-hydrogen) atoms. The van der Waals surface area contributed by atoms with Crippen LogP contribution in [0.5, 0.6) is 0 Å². The van der Waals surface area contributed by atoms with Crippen molar-refractivity contribution in [3.8, 4) is 0 Å². The van der Waals surface area contributed by atoms with Crippen molar-refractivity contribution >= 4 is 35.8 Å². The summed E-state index contributed by atoms with van der Waals surface area (Å²) in [6.07, 6.45) is 1.74. The Bertz CT molecular complexity index is 422. The maximum Gasteiger partial charge on any atom is 0.241 e. The van der Waals surface area contributed by atoms with Crippen LogP contribution in [0.1, 0.15) is 12.6 Å². The smallest absolute Gasteiger partial charge is 0.241 e. The predicted molar refractivity (Wildman–Crippen MR) is 91.2 cm³/mol. The number of amides is 1. The summed E-state index contributed by atoms with van der Waals surface area (Å²) in [4.78, 5) is 21.6. The van der Waals surface area contributed by atoms with Gasteiger partial charge in [0.1, 0.15) is 0 Å². The molecule has 0 aliphatic heterocycles. The van der Waals surface area contributed by atoms with Crippen LogP contribution in [0.25, 0.3) is 0 Å². The van der Waals surface area contributed by atoms with E-state index in [0.717, 1.165) is 12.2 Å². The molecule has 0 atom stereocenters. The van der Waals surface area contributed by atoms with Gasteiger partial charge in [-0.05, 0) is 19.1 Å². The third kappa shape index (κ3) is 7.27. The zero-order valence-electron chi connectivity index (χ0n) is 12.1. The first-order valence-corrected chi connectivity index (χ1v) is 6.25. The molecule has 0 bridgehead atoms. The summed E-state index contributed by atoms with van der Waals surface area (Å²) in [6, 6.07) is 5.71. The molecule has 1 aromatic rings. The van der Waals surface area contributed by atoms with E-state index in [9.17, 15) is 4.79 Å². The van der Waals surface area contributed by atoms with E-state index in [4.69, 9.17) is 0 Å². The summed E-state index contributed by atoms with van der Waals surface area (Å²) < 4.78 is 0. The number of carbonyl (C=O) groups is 1. The first kappa shape index (κ1) is 18.6. The Kier molecular flexibility index (Phi) is 9.69. The van der Waals surface area contributed by atoms with Gasteiger partial charge in [0.05, 0.1) is 18.8 Å². The fourth-order valence-electron chi connectivity index (χ4n) is 1.31. The van der Waals surface area contributed by atoms with Crippen molar-refractivity contribution in [1.82, 2.24) is 20.5 Å². The van der Waals surface area contributed by atoms with Crippen molar-refractivity contribution in [3.63, 3.8) is 0 Å². The van der Waals surface area contributed by atoms with Crippen molar-refractivity contribution in [3.05, 3.63) is 30.1 Å². The number of likely N-dealkylation sites (N-methyl/N-ethyl adjacent to an activating group) is 1. The number of pyridine rings is 1. The highest BCUT2D eigenvalue weighted by atomic mass is 127. The number of rotatable bonds is 5. The van der Waals surface area contributed by atoms with Crippen molar-refractivity contribution in [2.24, 2.45) is 4.99 Å². The second-order valence-electron chi connectivity index (χ2n) is 4.16. The topological polar surface area (TPSA) is 69.6 Å². The molecular weight excluding hydrogens is 369 g/mol. The van der Waals surface area contributed by atoms with E-state index in [1.807, 2.05) is 25.1 Å². The number of hydrogen-bond acceptors (Lipinski definition) is 3. The predicted octanol–water partition coefficient (Wildman–Crippen LogP) is 0.843. The molecule has 0 aliphatic rings. The van der Waals surface area contributed by atoms with Gasteiger partial charge < -0.3 is 15.5 Å². The molecule has 1 amide bonds. The lowest BCUT2D eigenvalue weighted by Gasteiger charge is -2.14. The molecule has 2 N–H and O–H groups in total. The molecule has 0 spiro atoms. The maximum atomic E-state index is 11.5. The highest BCUT2D eigenvalue weighted by Gasteiger charge is 2.05. The van der Waals surface area contributed by atoms with Crippen LogP contribution in [0, 0.1) is 0 Å². The highest BCUT2D eigenvalue weighted by molar-refractivity contribution is 14.0. The second kappa shape index (κ2) is 10.4. The lowest BCUT2D eigenvalue weighted by Crippen LogP contribution is -2.42. The first-order chi connectivity index (χ1) is 9.13. The Morgan fingerprint density at radius 3 is 2.65 bits per heavy atom. The average Bonchev–Trinajstić information content (AvgIpc) is 2.42. The standard InChI is InChI=1S/C13H21N5O.HI/c1-4-14-13(17-10-12(19)18(2)3)16-9-11-7-5-6-8-15-11;/h5-8H,4,9-10H2,1-3H3,(H2,14,16,17);1H. The molecule has 6 nitrogen and oxygen atoms in total.